The Labute approximate surface area is 140 Å². The normalized spacial score (nSPS) is 13.9. The van der Waals surface area contributed by atoms with Gasteiger partial charge in [-0.05, 0) is 48.2 Å². The van der Waals surface area contributed by atoms with Crippen LogP contribution in [0.25, 0.3) is 6.08 Å². The van der Waals surface area contributed by atoms with Gasteiger partial charge in [-0.15, -0.1) is 0 Å². The Bertz CT molecular complexity index is 742. The summed E-state index contributed by atoms with van der Waals surface area (Å²) in [5.41, 5.74) is 1.63. The topological polar surface area (TPSA) is 42.4 Å². The number of carbonyl (C=O) groups is 1. The van der Waals surface area contributed by atoms with Crippen molar-refractivity contribution in [2.24, 2.45) is 0 Å². The molecule has 4 nitrogen and oxygen atoms in total. The van der Waals surface area contributed by atoms with Crippen molar-refractivity contribution in [3.8, 4) is 5.75 Å². The summed E-state index contributed by atoms with van der Waals surface area (Å²) in [6.07, 6.45) is 8.66. The molecule has 3 rings (SSSR count). The standard InChI is InChI=1S/C19H19FN2O2/c1-24-18-8-4-14(11-17(18)20)5-9-19(23)22(16-6-7-16)13-15-3-2-10-21-12-15/h2-5,8-12,16H,6-7,13H2,1H3/b9-5+. The van der Waals surface area contributed by atoms with E-state index in [1.54, 1.807) is 30.6 Å². The molecular weight excluding hydrogens is 307 g/mol. The van der Waals surface area contributed by atoms with Crippen LogP contribution >= 0.6 is 0 Å². The van der Waals surface area contributed by atoms with Crippen molar-refractivity contribution >= 4 is 12.0 Å². The number of rotatable bonds is 6. The smallest absolute Gasteiger partial charge is 0.247 e. The molecule has 0 saturated heterocycles. The highest BCUT2D eigenvalue weighted by atomic mass is 19.1. The van der Waals surface area contributed by atoms with Crippen molar-refractivity contribution in [3.05, 3.63) is 65.7 Å². The molecule has 0 radical (unpaired) electrons. The SMILES string of the molecule is COc1ccc(/C=C/C(=O)N(Cc2cccnc2)C2CC2)cc1F. The summed E-state index contributed by atoms with van der Waals surface area (Å²) in [7, 11) is 1.42. The van der Waals surface area contributed by atoms with E-state index >= 15 is 0 Å². The Kier molecular flexibility index (Phi) is 4.89. The van der Waals surface area contributed by atoms with Crippen LogP contribution in [0.5, 0.6) is 5.75 Å². The minimum absolute atomic E-state index is 0.0717. The molecule has 1 amide bonds. The highest BCUT2D eigenvalue weighted by Crippen LogP contribution is 2.28. The fourth-order valence-electron chi connectivity index (χ4n) is 2.51. The number of halogens is 1. The van der Waals surface area contributed by atoms with Gasteiger partial charge in [0.05, 0.1) is 7.11 Å². The van der Waals surface area contributed by atoms with Gasteiger partial charge in [0.15, 0.2) is 11.6 Å². The second-order valence-electron chi connectivity index (χ2n) is 5.79. The number of carbonyl (C=O) groups excluding carboxylic acids is 1. The van der Waals surface area contributed by atoms with Gasteiger partial charge in [0.2, 0.25) is 5.91 Å². The van der Waals surface area contributed by atoms with Crippen LogP contribution in [0.3, 0.4) is 0 Å². The summed E-state index contributed by atoms with van der Waals surface area (Å²) < 4.78 is 18.6. The molecular formula is C19H19FN2O2. The lowest BCUT2D eigenvalue weighted by molar-refractivity contribution is -0.127. The summed E-state index contributed by atoms with van der Waals surface area (Å²) in [6.45, 7) is 0.540. The van der Waals surface area contributed by atoms with E-state index in [0.29, 0.717) is 12.1 Å². The minimum atomic E-state index is -0.443. The lowest BCUT2D eigenvalue weighted by atomic mass is 10.2. The molecule has 1 aliphatic carbocycles. The quantitative estimate of drug-likeness (QED) is 0.764. The largest absolute Gasteiger partial charge is 0.494 e. The molecule has 0 aliphatic heterocycles. The molecule has 1 aromatic heterocycles. The number of benzene rings is 1. The average molecular weight is 326 g/mol. The van der Waals surface area contributed by atoms with Crippen LogP contribution in [0, 0.1) is 5.82 Å². The number of hydrogen-bond donors (Lipinski definition) is 0. The first-order valence-electron chi connectivity index (χ1n) is 7.88. The number of amides is 1. The van der Waals surface area contributed by atoms with E-state index in [9.17, 15) is 9.18 Å². The van der Waals surface area contributed by atoms with Gasteiger partial charge in [-0.3, -0.25) is 9.78 Å². The Hall–Kier alpha value is -2.69. The molecule has 0 bridgehead atoms. The van der Waals surface area contributed by atoms with Crippen molar-refractivity contribution in [3.63, 3.8) is 0 Å². The van der Waals surface area contributed by atoms with Crippen LogP contribution in [-0.2, 0) is 11.3 Å². The number of hydrogen-bond acceptors (Lipinski definition) is 3. The molecule has 1 heterocycles. The van der Waals surface area contributed by atoms with Crippen LogP contribution < -0.4 is 4.74 Å². The van der Waals surface area contributed by atoms with Crippen molar-refractivity contribution in [2.75, 3.05) is 7.11 Å². The van der Waals surface area contributed by atoms with Crippen LogP contribution in [0.4, 0.5) is 4.39 Å². The molecule has 24 heavy (non-hydrogen) atoms. The summed E-state index contributed by atoms with van der Waals surface area (Å²) in [6, 6.07) is 8.72. The first-order chi connectivity index (χ1) is 11.7. The summed E-state index contributed by atoms with van der Waals surface area (Å²) in [5, 5.41) is 0. The van der Waals surface area contributed by atoms with Crippen molar-refractivity contribution in [1.29, 1.82) is 0 Å². The van der Waals surface area contributed by atoms with E-state index in [0.717, 1.165) is 18.4 Å². The first-order valence-corrected chi connectivity index (χ1v) is 7.88. The number of nitrogens with zero attached hydrogens (tertiary/aromatic N) is 2. The maximum atomic E-state index is 13.7. The molecule has 5 heteroatoms. The van der Waals surface area contributed by atoms with Crippen LogP contribution in [0.1, 0.15) is 24.0 Å². The Morgan fingerprint density at radius 2 is 2.25 bits per heavy atom. The van der Waals surface area contributed by atoms with Crippen LogP contribution in [0.2, 0.25) is 0 Å². The molecule has 0 unspecified atom stereocenters. The zero-order valence-corrected chi connectivity index (χ0v) is 13.5. The zero-order chi connectivity index (χ0) is 16.9. The van der Waals surface area contributed by atoms with E-state index in [4.69, 9.17) is 4.74 Å². The molecule has 1 fully saturated rings. The van der Waals surface area contributed by atoms with Crippen molar-refractivity contribution in [2.45, 2.75) is 25.4 Å². The van der Waals surface area contributed by atoms with E-state index < -0.39 is 5.82 Å². The minimum Gasteiger partial charge on any atom is -0.494 e. The second-order valence-corrected chi connectivity index (χ2v) is 5.79. The molecule has 0 spiro atoms. The summed E-state index contributed by atoms with van der Waals surface area (Å²) in [4.78, 5) is 18.4. The number of methoxy groups -OCH3 is 1. The van der Waals surface area contributed by atoms with Crippen molar-refractivity contribution < 1.29 is 13.9 Å². The van der Waals surface area contributed by atoms with Gasteiger partial charge >= 0.3 is 0 Å². The molecule has 1 aliphatic rings. The van der Waals surface area contributed by atoms with E-state index in [1.807, 2.05) is 17.0 Å². The van der Waals surface area contributed by atoms with Gasteiger partial charge in [-0.25, -0.2) is 4.39 Å². The van der Waals surface area contributed by atoms with Gasteiger partial charge in [-0.1, -0.05) is 12.1 Å². The van der Waals surface area contributed by atoms with Gasteiger partial charge in [0.25, 0.3) is 0 Å². The second kappa shape index (κ2) is 7.25. The van der Waals surface area contributed by atoms with Gasteiger partial charge in [-0.2, -0.15) is 0 Å². The monoisotopic (exact) mass is 326 g/mol. The number of ether oxygens (including phenoxy) is 1. The summed E-state index contributed by atoms with van der Waals surface area (Å²) >= 11 is 0. The van der Waals surface area contributed by atoms with E-state index in [2.05, 4.69) is 4.98 Å². The van der Waals surface area contributed by atoms with Crippen LogP contribution in [0.15, 0.2) is 48.8 Å². The molecule has 1 saturated carbocycles. The molecule has 2 aromatic rings. The Morgan fingerprint density at radius 1 is 1.42 bits per heavy atom. The maximum absolute atomic E-state index is 13.7. The van der Waals surface area contributed by atoms with Gasteiger partial charge < -0.3 is 9.64 Å². The molecule has 124 valence electrons. The zero-order valence-electron chi connectivity index (χ0n) is 13.5. The van der Waals surface area contributed by atoms with E-state index in [-0.39, 0.29) is 17.7 Å². The Morgan fingerprint density at radius 3 is 2.88 bits per heavy atom. The maximum Gasteiger partial charge on any atom is 0.247 e. The van der Waals surface area contributed by atoms with Crippen molar-refractivity contribution in [1.82, 2.24) is 9.88 Å². The predicted molar refractivity (Wildman–Crippen MR) is 89.8 cm³/mol. The number of aromatic nitrogens is 1. The van der Waals surface area contributed by atoms with Crippen LogP contribution in [-0.4, -0.2) is 28.9 Å². The predicted octanol–water partition coefficient (Wildman–Crippen LogP) is 3.43. The first kappa shape index (κ1) is 16.2. The Balaban J connectivity index is 1.70. The lowest BCUT2D eigenvalue weighted by Gasteiger charge is -2.20. The fraction of sp³-hybridized carbons (Fsp3) is 0.263. The third kappa shape index (κ3) is 3.98. The summed E-state index contributed by atoms with van der Waals surface area (Å²) in [5.74, 6) is -0.325. The fourth-order valence-corrected chi connectivity index (χ4v) is 2.51. The lowest BCUT2D eigenvalue weighted by Crippen LogP contribution is -2.31. The molecule has 1 aromatic carbocycles. The average Bonchev–Trinajstić information content (AvgIpc) is 3.43. The molecule has 0 N–H and O–H groups in total. The molecule has 0 atom stereocenters. The third-order valence-corrected chi connectivity index (χ3v) is 3.94. The van der Waals surface area contributed by atoms with Gasteiger partial charge in [0, 0.05) is 31.1 Å². The van der Waals surface area contributed by atoms with Gasteiger partial charge in [0.1, 0.15) is 0 Å². The highest BCUT2D eigenvalue weighted by molar-refractivity contribution is 5.92. The number of pyridine rings is 1. The highest BCUT2D eigenvalue weighted by Gasteiger charge is 2.31. The third-order valence-electron chi connectivity index (χ3n) is 3.94. The van der Waals surface area contributed by atoms with E-state index in [1.165, 1.54) is 19.3 Å².